The lowest BCUT2D eigenvalue weighted by molar-refractivity contribution is 0.0612. The van der Waals surface area contributed by atoms with Crippen molar-refractivity contribution in [1.82, 2.24) is 4.90 Å². The summed E-state index contributed by atoms with van der Waals surface area (Å²) in [5, 5.41) is 9.67. The van der Waals surface area contributed by atoms with Gasteiger partial charge in [-0.05, 0) is 37.8 Å². The summed E-state index contributed by atoms with van der Waals surface area (Å²) in [6.07, 6.45) is 1.97. The van der Waals surface area contributed by atoms with Crippen LogP contribution in [0.3, 0.4) is 0 Å². The highest BCUT2D eigenvalue weighted by atomic mass is 16.5. The van der Waals surface area contributed by atoms with Crippen LogP contribution in [0.15, 0.2) is 18.2 Å². The van der Waals surface area contributed by atoms with E-state index in [-0.39, 0.29) is 11.7 Å². The highest BCUT2D eigenvalue weighted by Gasteiger charge is 2.24. The van der Waals surface area contributed by atoms with Crippen molar-refractivity contribution in [1.29, 1.82) is 0 Å². The van der Waals surface area contributed by atoms with Gasteiger partial charge in [-0.3, -0.25) is 4.79 Å². The van der Waals surface area contributed by atoms with Crippen LogP contribution in [0, 0.1) is 12.8 Å². The van der Waals surface area contributed by atoms with Gasteiger partial charge < -0.3 is 14.7 Å². The number of carbonyl (C=O) groups is 1. The number of rotatable bonds is 3. The molecule has 0 bridgehead atoms. The quantitative estimate of drug-likeness (QED) is 0.909. The minimum atomic E-state index is 0.0178. The van der Waals surface area contributed by atoms with E-state index in [0.717, 1.165) is 32.5 Å². The molecule has 0 aromatic heterocycles. The Morgan fingerprint density at radius 3 is 2.74 bits per heavy atom. The maximum atomic E-state index is 12.4. The summed E-state index contributed by atoms with van der Waals surface area (Å²) in [7, 11) is 1.72. The molecule has 19 heavy (non-hydrogen) atoms. The summed E-state index contributed by atoms with van der Waals surface area (Å²) in [6, 6.07) is 5.10. The van der Waals surface area contributed by atoms with Gasteiger partial charge in [-0.25, -0.2) is 0 Å². The molecule has 1 aliphatic rings. The minimum absolute atomic E-state index is 0.0178. The number of phenolic OH excluding ortho intramolecular Hbond substituents is 1. The van der Waals surface area contributed by atoms with Gasteiger partial charge in [0.05, 0.1) is 0 Å². The summed E-state index contributed by atoms with van der Waals surface area (Å²) in [4.78, 5) is 14.3. The highest BCUT2D eigenvalue weighted by molar-refractivity contribution is 5.96. The molecule has 0 aliphatic carbocycles. The average Bonchev–Trinajstić information content (AvgIpc) is 2.42. The van der Waals surface area contributed by atoms with Crippen LogP contribution in [0.25, 0.3) is 0 Å². The fourth-order valence-corrected chi connectivity index (χ4v) is 2.56. The first-order chi connectivity index (χ1) is 9.13. The van der Waals surface area contributed by atoms with Crippen molar-refractivity contribution in [2.24, 2.45) is 5.92 Å². The van der Waals surface area contributed by atoms with E-state index in [1.165, 1.54) is 0 Å². The van der Waals surface area contributed by atoms with Gasteiger partial charge in [-0.1, -0.05) is 6.07 Å². The average molecular weight is 263 g/mol. The zero-order chi connectivity index (χ0) is 13.8. The minimum Gasteiger partial charge on any atom is -0.508 e. The molecule has 1 fully saturated rings. The third-order valence-corrected chi connectivity index (χ3v) is 3.84. The Kier molecular flexibility index (Phi) is 4.43. The predicted octanol–water partition coefficient (Wildman–Crippen LogP) is 2.20. The van der Waals surface area contributed by atoms with E-state index in [1.54, 1.807) is 32.2 Å². The van der Waals surface area contributed by atoms with Crippen LogP contribution >= 0.6 is 0 Å². The summed E-state index contributed by atoms with van der Waals surface area (Å²) in [5.74, 6) is 0.753. The van der Waals surface area contributed by atoms with Gasteiger partial charge in [-0.15, -0.1) is 0 Å². The van der Waals surface area contributed by atoms with Gasteiger partial charge in [0.15, 0.2) is 0 Å². The van der Waals surface area contributed by atoms with Crippen molar-refractivity contribution >= 4 is 5.91 Å². The summed E-state index contributed by atoms with van der Waals surface area (Å²) in [5.41, 5.74) is 1.26. The molecule has 0 unspecified atom stereocenters. The first kappa shape index (κ1) is 13.9. The molecule has 1 saturated heterocycles. The van der Waals surface area contributed by atoms with E-state index in [1.807, 2.05) is 4.90 Å². The largest absolute Gasteiger partial charge is 0.508 e. The second kappa shape index (κ2) is 6.06. The molecular formula is C15H21NO3. The number of nitrogens with zero attached hydrogens (tertiary/aromatic N) is 1. The SMILES string of the molecule is COCC1CCN(C(=O)c2cccc(O)c2C)CC1. The molecule has 0 spiro atoms. The number of likely N-dealkylation sites (tertiary alicyclic amines) is 1. The predicted molar refractivity (Wildman–Crippen MR) is 73.3 cm³/mol. The second-order valence-electron chi connectivity index (χ2n) is 5.14. The third-order valence-electron chi connectivity index (χ3n) is 3.84. The van der Waals surface area contributed by atoms with Crippen molar-refractivity contribution < 1.29 is 14.6 Å². The van der Waals surface area contributed by atoms with Gasteiger partial charge in [0.1, 0.15) is 5.75 Å². The van der Waals surface area contributed by atoms with Crippen LogP contribution in [0.1, 0.15) is 28.8 Å². The van der Waals surface area contributed by atoms with E-state index in [4.69, 9.17) is 4.74 Å². The number of aromatic hydroxyl groups is 1. The number of carbonyl (C=O) groups excluding carboxylic acids is 1. The lowest BCUT2D eigenvalue weighted by Crippen LogP contribution is -2.39. The molecule has 1 aromatic carbocycles. The van der Waals surface area contributed by atoms with Crippen LogP contribution < -0.4 is 0 Å². The molecule has 1 N–H and O–H groups in total. The normalized spacial score (nSPS) is 16.6. The Labute approximate surface area is 114 Å². The highest BCUT2D eigenvalue weighted by Crippen LogP contribution is 2.24. The second-order valence-corrected chi connectivity index (χ2v) is 5.14. The van der Waals surface area contributed by atoms with E-state index in [9.17, 15) is 9.90 Å². The number of hydrogen-bond donors (Lipinski definition) is 1. The van der Waals surface area contributed by atoms with Crippen molar-refractivity contribution in [3.63, 3.8) is 0 Å². The Bertz CT molecular complexity index is 451. The van der Waals surface area contributed by atoms with Gasteiger partial charge in [0.2, 0.25) is 0 Å². The molecule has 1 aromatic rings. The number of methoxy groups -OCH3 is 1. The van der Waals surface area contributed by atoms with Gasteiger partial charge in [0, 0.05) is 37.9 Å². The van der Waals surface area contributed by atoms with Gasteiger partial charge >= 0.3 is 0 Å². The fourth-order valence-electron chi connectivity index (χ4n) is 2.56. The molecule has 4 heteroatoms. The van der Waals surface area contributed by atoms with Gasteiger partial charge in [0.25, 0.3) is 5.91 Å². The lowest BCUT2D eigenvalue weighted by atomic mass is 9.96. The van der Waals surface area contributed by atoms with Crippen molar-refractivity contribution in [2.45, 2.75) is 19.8 Å². The maximum absolute atomic E-state index is 12.4. The first-order valence-corrected chi connectivity index (χ1v) is 6.70. The van der Waals surface area contributed by atoms with Crippen LogP contribution in [-0.2, 0) is 4.74 Å². The number of hydrogen-bond acceptors (Lipinski definition) is 3. The monoisotopic (exact) mass is 263 g/mol. The molecule has 4 nitrogen and oxygen atoms in total. The molecular weight excluding hydrogens is 242 g/mol. The zero-order valence-corrected chi connectivity index (χ0v) is 11.6. The number of amides is 1. The molecule has 0 saturated carbocycles. The number of piperidine rings is 1. The molecule has 1 amide bonds. The topological polar surface area (TPSA) is 49.8 Å². The Morgan fingerprint density at radius 1 is 1.42 bits per heavy atom. The molecule has 2 rings (SSSR count). The standard InChI is InChI=1S/C15H21NO3/c1-11-13(4-3-5-14(11)17)15(18)16-8-6-12(7-9-16)10-19-2/h3-5,12,17H,6-10H2,1-2H3. The van der Waals surface area contributed by atoms with Crippen molar-refractivity contribution in [2.75, 3.05) is 26.8 Å². The van der Waals surface area contributed by atoms with Gasteiger partial charge in [-0.2, -0.15) is 0 Å². The Hall–Kier alpha value is -1.55. The van der Waals surface area contributed by atoms with E-state index < -0.39 is 0 Å². The molecule has 1 aliphatic heterocycles. The summed E-state index contributed by atoms with van der Waals surface area (Å²) < 4.78 is 5.16. The van der Waals surface area contributed by atoms with Crippen molar-refractivity contribution in [3.05, 3.63) is 29.3 Å². The zero-order valence-electron chi connectivity index (χ0n) is 11.6. The van der Waals surface area contributed by atoms with Crippen molar-refractivity contribution in [3.8, 4) is 5.75 Å². The van der Waals surface area contributed by atoms with Crippen LogP contribution in [-0.4, -0.2) is 42.7 Å². The molecule has 104 valence electrons. The fraction of sp³-hybridized carbons (Fsp3) is 0.533. The summed E-state index contributed by atoms with van der Waals surface area (Å²) in [6.45, 7) is 4.08. The number of benzene rings is 1. The van der Waals surface area contributed by atoms with Crippen LogP contribution in [0.2, 0.25) is 0 Å². The third kappa shape index (κ3) is 3.07. The van der Waals surface area contributed by atoms with E-state index in [2.05, 4.69) is 0 Å². The lowest BCUT2D eigenvalue weighted by Gasteiger charge is -2.32. The van der Waals surface area contributed by atoms with E-state index >= 15 is 0 Å². The summed E-state index contributed by atoms with van der Waals surface area (Å²) >= 11 is 0. The Morgan fingerprint density at radius 2 is 2.11 bits per heavy atom. The first-order valence-electron chi connectivity index (χ1n) is 6.70. The number of ether oxygens (including phenoxy) is 1. The molecule has 0 radical (unpaired) electrons. The van der Waals surface area contributed by atoms with Crippen LogP contribution in [0.5, 0.6) is 5.75 Å². The van der Waals surface area contributed by atoms with Crippen LogP contribution in [0.4, 0.5) is 0 Å². The molecule has 0 atom stereocenters. The molecule has 1 heterocycles. The maximum Gasteiger partial charge on any atom is 0.254 e. The Balaban J connectivity index is 2.03. The smallest absolute Gasteiger partial charge is 0.254 e. The number of phenols is 1. The van der Waals surface area contributed by atoms with E-state index in [0.29, 0.717) is 17.0 Å².